The van der Waals surface area contributed by atoms with Crippen molar-refractivity contribution in [3.8, 4) is 0 Å². The summed E-state index contributed by atoms with van der Waals surface area (Å²) >= 11 is 0. The number of nitrogens with one attached hydrogen (secondary N) is 1. The van der Waals surface area contributed by atoms with Crippen molar-refractivity contribution in [2.75, 3.05) is 13.2 Å². The summed E-state index contributed by atoms with van der Waals surface area (Å²) in [4.78, 5) is 24.2. The van der Waals surface area contributed by atoms with Crippen LogP contribution < -0.4 is 5.32 Å². The first kappa shape index (κ1) is 16.7. The number of hydrogen-bond donors (Lipinski definition) is 1. The van der Waals surface area contributed by atoms with Crippen molar-refractivity contribution in [3.63, 3.8) is 0 Å². The molecule has 24 heavy (non-hydrogen) atoms. The number of hydrogen-bond acceptors (Lipinski definition) is 3. The molecule has 3 rings (SSSR count). The predicted molar refractivity (Wildman–Crippen MR) is 92.5 cm³/mol. The van der Waals surface area contributed by atoms with E-state index in [-0.39, 0.29) is 18.5 Å². The molecule has 4 nitrogen and oxygen atoms in total. The summed E-state index contributed by atoms with van der Waals surface area (Å²) in [5.74, 6) is -0.498. The first-order chi connectivity index (χ1) is 11.7. The molecule has 0 bridgehead atoms. The van der Waals surface area contributed by atoms with Crippen molar-refractivity contribution < 1.29 is 14.3 Å². The number of carbonyl (C=O) groups excluding carboxylic acids is 2. The molecule has 1 aromatic rings. The first-order valence-corrected chi connectivity index (χ1v) is 8.88. The molecule has 1 N–H and O–H groups in total. The van der Waals surface area contributed by atoms with Gasteiger partial charge in [0.2, 0.25) is 0 Å². The van der Waals surface area contributed by atoms with Crippen LogP contribution in [0.3, 0.4) is 0 Å². The summed E-state index contributed by atoms with van der Waals surface area (Å²) in [7, 11) is 0. The van der Waals surface area contributed by atoms with Crippen LogP contribution in [-0.4, -0.2) is 25.0 Å². The quantitative estimate of drug-likeness (QED) is 0.618. The lowest BCUT2D eigenvalue weighted by Gasteiger charge is -2.15. The Balaban J connectivity index is 1.40. The number of amides is 1. The summed E-state index contributed by atoms with van der Waals surface area (Å²) in [5.41, 5.74) is 1.90. The van der Waals surface area contributed by atoms with E-state index in [0.29, 0.717) is 6.54 Å². The van der Waals surface area contributed by atoms with Gasteiger partial charge in [0.1, 0.15) is 0 Å². The number of carbonyl (C=O) groups is 2. The Morgan fingerprint density at radius 2 is 1.92 bits per heavy atom. The second-order valence-corrected chi connectivity index (χ2v) is 6.73. The Kier molecular flexibility index (Phi) is 5.34. The molecular weight excluding hydrogens is 302 g/mol. The van der Waals surface area contributed by atoms with Crippen LogP contribution in [0.1, 0.15) is 50.5 Å². The standard InChI is InChI=1S/C20H25NO3/c22-18(21-14-11-16-7-3-1-4-8-16)15-24-19(23)20(12-13-20)17-9-5-2-6-10-17/h2,5-7,9-10H,1,3-4,8,11-15H2,(H,21,22). The number of allylic oxidation sites excluding steroid dienone is 1. The van der Waals surface area contributed by atoms with Crippen LogP contribution in [0.4, 0.5) is 0 Å². The second kappa shape index (κ2) is 7.65. The SMILES string of the molecule is O=C(COC(=O)C1(c2ccccc2)CC1)NCCC1=CCCCC1. The van der Waals surface area contributed by atoms with E-state index >= 15 is 0 Å². The molecule has 0 aliphatic heterocycles. The fourth-order valence-electron chi connectivity index (χ4n) is 3.31. The van der Waals surface area contributed by atoms with E-state index in [2.05, 4.69) is 11.4 Å². The summed E-state index contributed by atoms with van der Waals surface area (Å²) in [6, 6.07) is 9.68. The van der Waals surface area contributed by atoms with Crippen LogP contribution in [0.2, 0.25) is 0 Å². The molecule has 128 valence electrons. The van der Waals surface area contributed by atoms with E-state index in [1.807, 2.05) is 30.3 Å². The van der Waals surface area contributed by atoms with Crippen LogP contribution in [-0.2, 0) is 19.7 Å². The maximum atomic E-state index is 12.3. The zero-order valence-electron chi connectivity index (χ0n) is 14.1. The van der Waals surface area contributed by atoms with Gasteiger partial charge in [0, 0.05) is 6.54 Å². The van der Waals surface area contributed by atoms with Crippen molar-refractivity contribution >= 4 is 11.9 Å². The summed E-state index contributed by atoms with van der Waals surface area (Å²) < 4.78 is 5.26. The molecule has 0 saturated heterocycles. The minimum absolute atomic E-state index is 0.188. The number of esters is 1. The van der Waals surface area contributed by atoms with Gasteiger partial charge in [-0.2, -0.15) is 0 Å². The molecular formula is C20H25NO3. The molecule has 2 aliphatic rings. The highest BCUT2D eigenvalue weighted by Gasteiger charge is 2.52. The third-order valence-corrected chi connectivity index (χ3v) is 4.95. The zero-order valence-corrected chi connectivity index (χ0v) is 14.1. The third-order valence-electron chi connectivity index (χ3n) is 4.95. The zero-order chi connectivity index (χ0) is 16.8. The van der Waals surface area contributed by atoms with Gasteiger partial charge in [-0.1, -0.05) is 42.0 Å². The summed E-state index contributed by atoms with van der Waals surface area (Å²) in [6.07, 6.45) is 9.60. The van der Waals surface area contributed by atoms with Gasteiger partial charge in [-0.05, 0) is 50.5 Å². The molecule has 1 saturated carbocycles. The lowest BCUT2D eigenvalue weighted by atomic mass is 9.96. The molecule has 1 aromatic carbocycles. The lowest BCUT2D eigenvalue weighted by molar-refractivity contribution is -0.151. The number of ether oxygens (including phenoxy) is 1. The van der Waals surface area contributed by atoms with Gasteiger partial charge in [0.15, 0.2) is 6.61 Å². The van der Waals surface area contributed by atoms with Gasteiger partial charge in [-0.15, -0.1) is 0 Å². The van der Waals surface area contributed by atoms with Gasteiger partial charge >= 0.3 is 5.97 Å². The predicted octanol–water partition coefficient (Wildman–Crippen LogP) is 3.27. The summed E-state index contributed by atoms with van der Waals surface area (Å²) in [6.45, 7) is 0.429. The normalized spacial score (nSPS) is 18.4. The number of rotatable bonds is 7. The minimum atomic E-state index is -0.519. The maximum Gasteiger partial charge on any atom is 0.317 e. The average Bonchev–Trinajstić information content (AvgIpc) is 3.43. The van der Waals surface area contributed by atoms with Crippen molar-refractivity contribution in [2.24, 2.45) is 0 Å². The van der Waals surface area contributed by atoms with E-state index in [1.165, 1.54) is 18.4 Å². The first-order valence-electron chi connectivity index (χ1n) is 8.88. The highest BCUT2D eigenvalue weighted by atomic mass is 16.5. The van der Waals surface area contributed by atoms with E-state index in [9.17, 15) is 9.59 Å². The molecule has 0 heterocycles. The van der Waals surface area contributed by atoms with Crippen molar-refractivity contribution in [1.29, 1.82) is 0 Å². The maximum absolute atomic E-state index is 12.3. The highest BCUT2D eigenvalue weighted by Crippen LogP contribution is 2.49. The lowest BCUT2D eigenvalue weighted by Crippen LogP contribution is -2.32. The molecule has 1 fully saturated rings. The monoisotopic (exact) mass is 327 g/mol. The third kappa shape index (κ3) is 4.05. The molecule has 4 heteroatoms. The fraction of sp³-hybridized carbons (Fsp3) is 0.500. The fourth-order valence-corrected chi connectivity index (χ4v) is 3.31. The van der Waals surface area contributed by atoms with Crippen LogP contribution in [0.15, 0.2) is 42.0 Å². The Labute approximate surface area is 143 Å². The second-order valence-electron chi connectivity index (χ2n) is 6.73. The van der Waals surface area contributed by atoms with Crippen LogP contribution in [0, 0.1) is 0 Å². The molecule has 0 radical (unpaired) electrons. The Hall–Kier alpha value is -2.10. The molecule has 0 atom stereocenters. The molecule has 0 spiro atoms. The molecule has 1 amide bonds. The Morgan fingerprint density at radius 3 is 2.58 bits per heavy atom. The topological polar surface area (TPSA) is 55.4 Å². The van der Waals surface area contributed by atoms with Gasteiger partial charge < -0.3 is 10.1 Å². The van der Waals surface area contributed by atoms with Gasteiger partial charge in [-0.25, -0.2) is 0 Å². The van der Waals surface area contributed by atoms with Crippen molar-refractivity contribution in [2.45, 2.75) is 50.4 Å². The smallest absolute Gasteiger partial charge is 0.317 e. The molecule has 0 unspecified atom stereocenters. The van der Waals surface area contributed by atoms with E-state index in [4.69, 9.17) is 4.74 Å². The number of benzene rings is 1. The Morgan fingerprint density at radius 1 is 1.12 bits per heavy atom. The Bertz CT molecular complexity index is 617. The highest BCUT2D eigenvalue weighted by molar-refractivity contribution is 5.88. The van der Waals surface area contributed by atoms with Gasteiger partial charge in [-0.3, -0.25) is 9.59 Å². The van der Waals surface area contributed by atoms with Crippen LogP contribution >= 0.6 is 0 Å². The van der Waals surface area contributed by atoms with Crippen molar-refractivity contribution in [1.82, 2.24) is 5.32 Å². The van der Waals surface area contributed by atoms with Gasteiger partial charge in [0.05, 0.1) is 5.41 Å². The molecule has 0 aromatic heterocycles. The molecule has 2 aliphatic carbocycles. The van der Waals surface area contributed by atoms with E-state index < -0.39 is 5.41 Å². The van der Waals surface area contributed by atoms with Crippen LogP contribution in [0.25, 0.3) is 0 Å². The van der Waals surface area contributed by atoms with E-state index in [0.717, 1.165) is 37.7 Å². The van der Waals surface area contributed by atoms with E-state index in [1.54, 1.807) is 0 Å². The average molecular weight is 327 g/mol. The summed E-state index contributed by atoms with van der Waals surface area (Å²) in [5, 5.41) is 2.84. The van der Waals surface area contributed by atoms with Gasteiger partial charge in [0.25, 0.3) is 5.91 Å². The van der Waals surface area contributed by atoms with Crippen molar-refractivity contribution in [3.05, 3.63) is 47.5 Å². The van der Waals surface area contributed by atoms with Crippen LogP contribution in [0.5, 0.6) is 0 Å². The largest absolute Gasteiger partial charge is 0.455 e. The minimum Gasteiger partial charge on any atom is -0.455 e.